The van der Waals surface area contributed by atoms with Crippen LogP contribution in [0, 0.1) is 6.92 Å². The van der Waals surface area contributed by atoms with Gasteiger partial charge in [0.15, 0.2) is 0 Å². The second-order valence-electron chi connectivity index (χ2n) is 6.51. The highest BCUT2D eigenvalue weighted by atomic mass is 35.5. The Balaban J connectivity index is 1.64. The Hall–Kier alpha value is -1.52. The first-order valence-electron chi connectivity index (χ1n) is 8.90. The molecule has 1 saturated heterocycles. The van der Waals surface area contributed by atoms with Gasteiger partial charge in [0.25, 0.3) is 0 Å². The van der Waals surface area contributed by atoms with E-state index in [0.29, 0.717) is 10.0 Å². The van der Waals surface area contributed by atoms with Crippen molar-refractivity contribution in [3.63, 3.8) is 0 Å². The van der Waals surface area contributed by atoms with Crippen LogP contribution in [0.15, 0.2) is 24.3 Å². The fourth-order valence-electron chi connectivity index (χ4n) is 3.11. The summed E-state index contributed by atoms with van der Waals surface area (Å²) in [5.41, 5.74) is 2.07. The number of anilines is 2. The molecule has 3 rings (SSSR count). The number of halogens is 2. The Bertz CT molecular complexity index is 713. The van der Waals surface area contributed by atoms with E-state index in [9.17, 15) is 0 Å². The molecule has 1 aliphatic heterocycles. The number of nitrogens with one attached hydrogen (secondary N) is 1. The van der Waals surface area contributed by atoms with Crippen LogP contribution in [-0.2, 0) is 6.42 Å². The average Bonchev–Trinajstić information content (AvgIpc) is 2.86. The lowest BCUT2D eigenvalue weighted by Gasteiger charge is -2.21. The van der Waals surface area contributed by atoms with E-state index in [4.69, 9.17) is 28.2 Å². The van der Waals surface area contributed by atoms with E-state index >= 15 is 0 Å². The third-order valence-corrected chi connectivity index (χ3v) is 5.03. The first-order chi connectivity index (χ1) is 12.1. The zero-order chi connectivity index (χ0) is 17.6. The molecule has 2 heterocycles. The molecule has 0 aliphatic carbocycles. The highest BCUT2D eigenvalue weighted by Crippen LogP contribution is 2.22. The van der Waals surface area contributed by atoms with Crippen LogP contribution >= 0.6 is 23.2 Å². The van der Waals surface area contributed by atoms with Crippen LogP contribution in [0.1, 0.15) is 36.9 Å². The normalized spacial score (nSPS) is 15.1. The molecule has 1 N–H and O–H groups in total. The lowest BCUT2D eigenvalue weighted by atomic mass is 10.1. The van der Waals surface area contributed by atoms with Crippen molar-refractivity contribution < 1.29 is 0 Å². The molecule has 25 heavy (non-hydrogen) atoms. The van der Waals surface area contributed by atoms with Gasteiger partial charge in [-0.3, -0.25) is 0 Å². The van der Waals surface area contributed by atoms with Crippen molar-refractivity contribution in [1.82, 2.24) is 9.97 Å². The Morgan fingerprint density at radius 1 is 1.04 bits per heavy atom. The molecule has 1 aliphatic rings. The van der Waals surface area contributed by atoms with Crippen molar-refractivity contribution in [2.24, 2.45) is 0 Å². The Labute approximate surface area is 159 Å². The molecule has 0 saturated carbocycles. The van der Waals surface area contributed by atoms with Crippen LogP contribution in [0.2, 0.25) is 10.0 Å². The Morgan fingerprint density at radius 3 is 2.52 bits per heavy atom. The standard InChI is InChI=1S/C19H24Cl2N4/c1-14-12-18(22-9-8-15-6-7-16(20)13-17(15)21)24-19(23-14)25-10-4-2-3-5-11-25/h6-7,12-13H,2-5,8-11H2,1H3,(H,22,23,24). The molecule has 1 aromatic carbocycles. The van der Waals surface area contributed by atoms with Gasteiger partial charge >= 0.3 is 0 Å². The Kier molecular flexibility index (Phi) is 6.38. The van der Waals surface area contributed by atoms with Gasteiger partial charge in [-0.2, -0.15) is 4.98 Å². The molecule has 4 nitrogen and oxygen atoms in total. The molecular weight excluding hydrogens is 355 g/mol. The summed E-state index contributed by atoms with van der Waals surface area (Å²) in [7, 11) is 0. The quantitative estimate of drug-likeness (QED) is 0.782. The van der Waals surface area contributed by atoms with Crippen molar-refractivity contribution in [2.45, 2.75) is 39.0 Å². The first kappa shape index (κ1) is 18.3. The highest BCUT2D eigenvalue weighted by molar-refractivity contribution is 6.35. The number of nitrogens with zero attached hydrogens (tertiary/aromatic N) is 3. The van der Waals surface area contributed by atoms with Crippen LogP contribution in [-0.4, -0.2) is 29.6 Å². The van der Waals surface area contributed by atoms with Crippen molar-refractivity contribution in [1.29, 1.82) is 0 Å². The fourth-order valence-corrected chi connectivity index (χ4v) is 3.61. The maximum absolute atomic E-state index is 6.23. The summed E-state index contributed by atoms with van der Waals surface area (Å²) in [6, 6.07) is 7.62. The summed E-state index contributed by atoms with van der Waals surface area (Å²) >= 11 is 12.2. The van der Waals surface area contributed by atoms with Crippen molar-refractivity contribution in [2.75, 3.05) is 29.9 Å². The summed E-state index contributed by atoms with van der Waals surface area (Å²) in [5, 5.41) is 4.77. The third-order valence-electron chi connectivity index (χ3n) is 4.45. The van der Waals surface area contributed by atoms with E-state index in [2.05, 4.69) is 15.2 Å². The van der Waals surface area contributed by atoms with Crippen molar-refractivity contribution in [3.05, 3.63) is 45.6 Å². The van der Waals surface area contributed by atoms with Gasteiger partial charge in [0, 0.05) is 41.4 Å². The second kappa shape index (κ2) is 8.72. The number of rotatable bonds is 5. The predicted octanol–water partition coefficient (Wildman–Crippen LogP) is 5.13. The number of benzene rings is 1. The molecule has 1 aromatic heterocycles. The molecule has 0 unspecified atom stereocenters. The van der Waals surface area contributed by atoms with Crippen LogP contribution in [0.3, 0.4) is 0 Å². The highest BCUT2D eigenvalue weighted by Gasteiger charge is 2.13. The van der Waals surface area contributed by atoms with Gasteiger partial charge in [0.05, 0.1) is 0 Å². The molecule has 0 amide bonds. The topological polar surface area (TPSA) is 41.1 Å². The molecule has 0 atom stereocenters. The van der Waals surface area contributed by atoms with Crippen LogP contribution in [0.4, 0.5) is 11.8 Å². The minimum Gasteiger partial charge on any atom is -0.370 e. The van der Waals surface area contributed by atoms with Crippen molar-refractivity contribution >= 4 is 35.0 Å². The third kappa shape index (κ3) is 5.23. The average molecular weight is 379 g/mol. The largest absolute Gasteiger partial charge is 0.370 e. The molecule has 6 heteroatoms. The molecule has 0 bridgehead atoms. The number of aryl methyl sites for hydroxylation is 1. The maximum Gasteiger partial charge on any atom is 0.227 e. The first-order valence-corrected chi connectivity index (χ1v) is 9.66. The maximum atomic E-state index is 6.23. The second-order valence-corrected chi connectivity index (χ2v) is 7.35. The van der Waals surface area contributed by atoms with Gasteiger partial charge < -0.3 is 10.2 Å². The van der Waals surface area contributed by atoms with Crippen LogP contribution in [0.5, 0.6) is 0 Å². The summed E-state index contributed by atoms with van der Waals surface area (Å²) in [6.07, 6.45) is 5.85. The van der Waals surface area contributed by atoms with E-state index in [0.717, 1.165) is 49.1 Å². The zero-order valence-corrected chi connectivity index (χ0v) is 16.1. The van der Waals surface area contributed by atoms with Crippen LogP contribution < -0.4 is 10.2 Å². The fraction of sp³-hybridized carbons (Fsp3) is 0.474. The summed E-state index contributed by atoms with van der Waals surface area (Å²) < 4.78 is 0. The molecule has 2 aromatic rings. The summed E-state index contributed by atoms with van der Waals surface area (Å²) in [5.74, 6) is 1.71. The SMILES string of the molecule is Cc1cc(NCCc2ccc(Cl)cc2Cl)nc(N2CCCCCC2)n1. The van der Waals surface area contributed by atoms with Gasteiger partial charge in [0.1, 0.15) is 5.82 Å². The van der Waals surface area contributed by atoms with E-state index < -0.39 is 0 Å². The number of hydrogen-bond acceptors (Lipinski definition) is 4. The number of aromatic nitrogens is 2. The van der Waals surface area contributed by atoms with Gasteiger partial charge in [0.2, 0.25) is 5.95 Å². The predicted molar refractivity (Wildman–Crippen MR) is 106 cm³/mol. The molecule has 1 fully saturated rings. The molecule has 134 valence electrons. The smallest absolute Gasteiger partial charge is 0.227 e. The lowest BCUT2D eigenvalue weighted by Crippen LogP contribution is -2.26. The van der Waals surface area contributed by atoms with E-state index in [-0.39, 0.29) is 0 Å². The minimum absolute atomic E-state index is 0.662. The lowest BCUT2D eigenvalue weighted by molar-refractivity contribution is 0.726. The summed E-state index contributed by atoms with van der Waals surface area (Å²) in [6.45, 7) is 4.87. The van der Waals surface area contributed by atoms with Gasteiger partial charge in [-0.05, 0) is 43.9 Å². The van der Waals surface area contributed by atoms with Crippen molar-refractivity contribution in [3.8, 4) is 0 Å². The minimum atomic E-state index is 0.662. The van der Waals surface area contributed by atoms with E-state index in [1.165, 1.54) is 25.7 Å². The van der Waals surface area contributed by atoms with Gasteiger partial charge in [-0.25, -0.2) is 4.98 Å². The Morgan fingerprint density at radius 2 is 1.80 bits per heavy atom. The summed E-state index contributed by atoms with van der Waals surface area (Å²) in [4.78, 5) is 11.7. The molecular formula is C19H24Cl2N4. The zero-order valence-electron chi connectivity index (χ0n) is 14.6. The number of hydrogen-bond donors (Lipinski definition) is 1. The molecule has 0 radical (unpaired) electrons. The molecule has 0 spiro atoms. The van der Waals surface area contributed by atoms with Gasteiger partial charge in [-0.1, -0.05) is 42.1 Å². The monoisotopic (exact) mass is 378 g/mol. The van der Waals surface area contributed by atoms with Crippen LogP contribution in [0.25, 0.3) is 0 Å². The van der Waals surface area contributed by atoms with E-state index in [1.807, 2.05) is 25.1 Å². The van der Waals surface area contributed by atoms with E-state index in [1.54, 1.807) is 6.07 Å². The van der Waals surface area contributed by atoms with Gasteiger partial charge in [-0.15, -0.1) is 0 Å².